The highest BCUT2D eigenvalue weighted by Gasteiger charge is 2.27. The summed E-state index contributed by atoms with van der Waals surface area (Å²) >= 11 is 5.83. The fourth-order valence-corrected chi connectivity index (χ4v) is 1.77. The van der Waals surface area contributed by atoms with E-state index in [1.165, 1.54) is 6.07 Å². The Balaban J connectivity index is 2.87. The lowest BCUT2D eigenvalue weighted by atomic mass is 10.0. The first-order chi connectivity index (χ1) is 7.95. The molecule has 1 rings (SSSR count). The summed E-state index contributed by atoms with van der Waals surface area (Å²) in [4.78, 5) is 11.3. The van der Waals surface area contributed by atoms with E-state index >= 15 is 0 Å². The maximum Gasteiger partial charge on any atom is 0.338 e. The van der Waals surface area contributed by atoms with Gasteiger partial charge >= 0.3 is 5.97 Å². The minimum Gasteiger partial charge on any atom is -0.464 e. The summed E-state index contributed by atoms with van der Waals surface area (Å²) in [6.07, 6.45) is -2.95. The quantitative estimate of drug-likeness (QED) is 0.805. The molecule has 1 aromatic rings. The van der Waals surface area contributed by atoms with Gasteiger partial charge in [0.05, 0.1) is 6.61 Å². The second kappa shape index (κ2) is 6.00. The Labute approximate surface area is 105 Å². The fraction of sp³-hybridized carbons (Fsp3) is 0.417. The maximum atomic E-state index is 11.3. The summed E-state index contributed by atoms with van der Waals surface area (Å²) in [5.41, 5.74) is 1.22. The van der Waals surface area contributed by atoms with Crippen LogP contribution in [0.3, 0.4) is 0 Å². The van der Waals surface area contributed by atoms with Crippen molar-refractivity contribution in [2.75, 3.05) is 6.61 Å². The van der Waals surface area contributed by atoms with Gasteiger partial charge in [0.2, 0.25) is 0 Å². The van der Waals surface area contributed by atoms with Crippen LogP contribution in [0.5, 0.6) is 0 Å². The van der Waals surface area contributed by atoms with E-state index in [2.05, 4.69) is 4.74 Å². The predicted molar refractivity (Wildman–Crippen MR) is 63.8 cm³/mol. The molecule has 0 aromatic heterocycles. The van der Waals surface area contributed by atoms with Crippen LogP contribution in [-0.4, -0.2) is 28.9 Å². The van der Waals surface area contributed by atoms with Crippen LogP contribution in [0.2, 0.25) is 5.02 Å². The van der Waals surface area contributed by atoms with Crippen LogP contribution < -0.4 is 0 Å². The molecular formula is C12H15ClO4. The number of aliphatic hydroxyl groups is 2. The molecule has 2 unspecified atom stereocenters. The maximum absolute atomic E-state index is 11.3. The first-order valence-electron chi connectivity index (χ1n) is 5.25. The molecule has 0 aliphatic heterocycles. The monoisotopic (exact) mass is 258 g/mol. The highest BCUT2D eigenvalue weighted by atomic mass is 35.5. The Bertz CT molecular complexity index is 385. The van der Waals surface area contributed by atoms with Gasteiger partial charge in [-0.3, -0.25) is 0 Å². The number of benzene rings is 1. The van der Waals surface area contributed by atoms with Crippen molar-refractivity contribution in [3.63, 3.8) is 0 Å². The minimum atomic E-state index is -1.60. The predicted octanol–water partition coefficient (Wildman–Crippen LogP) is 1.61. The number of hydrogen-bond acceptors (Lipinski definition) is 4. The summed E-state index contributed by atoms with van der Waals surface area (Å²) < 4.78 is 4.62. The standard InChI is InChI=1S/C12H15ClO4/c1-3-17-12(16)11(15)10(14)8-4-7(2)5-9(13)6-8/h4-6,10-11,14-15H,3H2,1-2H3. The molecule has 0 fully saturated rings. The molecule has 0 aliphatic carbocycles. The van der Waals surface area contributed by atoms with Gasteiger partial charge in [-0.1, -0.05) is 17.7 Å². The molecule has 5 heteroatoms. The van der Waals surface area contributed by atoms with Crippen molar-refractivity contribution in [3.8, 4) is 0 Å². The zero-order chi connectivity index (χ0) is 13.0. The van der Waals surface area contributed by atoms with Gasteiger partial charge in [-0.05, 0) is 37.1 Å². The van der Waals surface area contributed by atoms with Gasteiger partial charge in [-0.2, -0.15) is 0 Å². The van der Waals surface area contributed by atoms with Crippen molar-refractivity contribution in [2.24, 2.45) is 0 Å². The van der Waals surface area contributed by atoms with Gasteiger partial charge in [0, 0.05) is 5.02 Å². The van der Waals surface area contributed by atoms with Gasteiger partial charge in [0.15, 0.2) is 6.10 Å². The van der Waals surface area contributed by atoms with Crippen LogP contribution in [0.1, 0.15) is 24.2 Å². The molecule has 4 nitrogen and oxygen atoms in total. The Morgan fingerprint density at radius 3 is 2.59 bits per heavy atom. The molecule has 0 spiro atoms. The van der Waals surface area contributed by atoms with Crippen LogP contribution in [0.25, 0.3) is 0 Å². The summed E-state index contributed by atoms with van der Waals surface area (Å²) in [6.45, 7) is 3.58. The number of carbonyl (C=O) groups is 1. The third kappa shape index (κ3) is 3.70. The van der Waals surface area contributed by atoms with Gasteiger partial charge in [-0.25, -0.2) is 4.79 Å². The lowest BCUT2D eigenvalue weighted by Gasteiger charge is -2.17. The second-order valence-electron chi connectivity index (χ2n) is 3.70. The molecule has 0 radical (unpaired) electrons. The van der Waals surface area contributed by atoms with Crippen molar-refractivity contribution in [1.82, 2.24) is 0 Å². The first-order valence-corrected chi connectivity index (χ1v) is 5.63. The van der Waals surface area contributed by atoms with Crippen molar-refractivity contribution in [1.29, 1.82) is 0 Å². The number of rotatable bonds is 4. The SMILES string of the molecule is CCOC(=O)C(O)C(O)c1cc(C)cc(Cl)c1. The lowest BCUT2D eigenvalue weighted by molar-refractivity contribution is -0.159. The van der Waals surface area contributed by atoms with E-state index in [1.807, 2.05) is 0 Å². The summed E-state index contributed by atoms with van der Waals surface area (Å²) in [5, 5.41) is 19.9. The third-order valence-corrected chi connectivity index (χ3v) is 2.45. The second-order valence-corrected chi connectivity index (χ2v) is 4.14. The molecule has 0 aliphatic rings. The van der Waals surface area contributed by atoms with Gasteiger partial charge in [0.1, 0.15) is 6.10 Å². The summed E-state index contributed by atoms with van der Waals surface area (Å²) in [6, 6.07) is 4.87. The molecule has 0 bridgehead atoms. The van der Waals surface area contributed by atoms with Crippen molar-refractivity contribution in [3.05, 3.63) is 34.3 Å². The van der Waals surface area contributed by atoms with Crippen molar-refractivity contribution in [2.45, 2.75) is 26.1 Å². The Hall–Kier alpha value is -1.10. The van der Waals surface area contributed by atoms with Gasteiger partial charge < -0.3 is 14.9 Å². The number of esters is 1. The fourth-order valence-electron chi connectivity index (χ4n) is 1.47. The number of halogens is 1. The zero-order valence-electron chi connectivity index (χ0n) is 9.68. The number of hydrogen-bond donors (Lipinski definition) is 2. The third-order valence-electron chi connectivity index (χ3n) is 2.23. The molecule has 2 atom stereocenters. The summed E-state index contributed by atoms with van der Waals surface area (Å²) in [5.74, 6) is -0.849. The number of aryl methyl sites for hydroxylation is 1. The summed E-state index contributed by atoms with van der Waals surface area (Å²) in [7, 11) is 0. The van der Waals surface area contributed by atoms with E-state index in [0.29, 0.717) is 10.6 Å². The number of ether oxygens (including phenoxy) is 1. The van der Waals surface area contributed by atoms with E-state index in [0.717, 1.165) is 5.56 Å². The molecule has 0 heterocycles. The minimum absolute atomic E-state index is 0.150. The number of carbonyl (C=O) groups excluding carboxylic acids is 1. The molecule has 1 aromatic carbocycles. The van der Waals surface area contributed by atoms with E-state index in [9.17, 15) is 15.0 Å². The molecule has 0 saturated heterocycles. The average molecular weight is 259 g/mol. The lowest BCUT2D eigenvalue weighted by Crippen LogP contribution is -2.29. The Kier molecular flexibility index (Phi) is 4.93. The highest BCUT2D eigenvalue weighted by Crippen LogP contribution is 2.23. The molecule has 0 amide bonds. The van der Waals surface area contributed by atoms with E-state index in [1.54, 1.807) is 26.0 Å². The zero-order valence-corrected chi connectivity index (χ0v) is 10.4. The van der Waals surface area contributed by atoms with Crippen molar-refractivity contribution < 1.29 is 19.7 Å². The van der Waals surface area contributed by atoms with Crippen LogP contribution in [0, 0.1) is 6.92 Å². The molecule has 0 saturated carbocycles. The van der Waals surface area contributed by atoms with Crippen molar-refractivity contribution >= 4 is 17.6 Å². The number of aliphatic hydroxyl groups excluding tert-OH is 2. The van der Waals surface area contributed by atoms with Crippen LogP contribution in [-0.2, 0) is 9.53 Å². The Morgan fingerprint density at radius 2 is 2.06 bits per heavy atom. The van der Waals surface area contributed by atoms with Gasteiger partial charge in [-0.15, -0.1) is 0 Å². The topological polar surface area (TPSA) is 66.8 Å². The first kappa shape index (κ1) is 14.0. The van der Waals surface area contributed by atoms with Crippen LogP contribution >= 0.6 is 11.6 Å². The molecule has 94 valence electrons. The van der Waals surface area contributed by atoms with Crippen LogP contribution in [0.15, 0.2) is 18.2 Å². The normalized spacial score (nSPS) is 14.2. The molecule has 17 heavy (non-hydrogen) atoms. The van der Waals surface area contributed by atoms with E-state index < -0.39 is 18.2 Å². The van der Waals surface area contributed by atoms with E-state index in [-0.39, 0.29) is 6.61 Å². The van der Waals surface area contributed by atoms with E-state index in [4.69, 9.17) is 11.6 Å². The van der Waals surface area contributed by atoms with Gasteiger partial charge in [0.25, 0.3) is 0 Å². The molecule has 2 N–H and O–H groups in total. The average Bonchev–Trinajstić information content (AvgIpc) is 2.26. The Morgan fingerprint density at radius 1 is 1.41 bits per heavy atom. The highest BCUT2D eigenvalue weighted by molar-refractivity contribution is 6.30. The molecular weight excluding hydrogens is 244 g/mol. The van der Waals surface area contributed by atoms with Crippen LogP contribution in [0.4, 0.5) is 0 Å². The smallest absolute Gasteiger partial charge is 0.338 e. The largest absolute Gasteiger partial charge is 0.464 e.